The van der Waals surface area contributed by atoms with Gasteiger partial charge >= 0.3 is 0 Å². The SMILES string of the molecule is Cc1ccc(CNC(=O)C(C)C2CNC2)c(OC(C)(C)C)c1.Cl. The smallest absolute Gasteiger partial charge is 0.223 e. The molecule has 0 bridgehead atoms. The molecule has 1 amide bonds. The number of carbonyl (C=O) groups is 1. The Morgan fingerprint density at radius 3 is 2.57 bits per heavy atom. The van der Waals surface area contributed by atoms with Crippen molar-refractivity contribution in [3.8, 4) is 5.75 Å². The molecule has 1 unspecified atom stereocenters. The summed E-state index contributed by atoms with van der Waals surface area (Å²) in [6.07, 6.45) is 0. The molecule has 0 saturated carbocycles. The van der Waals surface area contributed by atoms with E-state index in [0.717, 1.165) is 30.0 Å². The second kappa shape index (κ2) is 8.02. The van der Waals surface area contributed by atoms with Crippen LogP contribution >= 0.6 is 12.4 Å². The fourth-order valence-corrected chi connectivity index (χ4v) is 2.45. The van der Waals surface area contributed by atoms with Crippen molar-refractivity contribution in [2.24, 2.45) is 11.8 Å². The molecular formula is C18H29ClN2O2. The van der Waals surface area contributed by atoms with Gasteiger partial charge in [-0.3, -0.25) is 4.79 Å². The quantitative estimate of drug-likeness (QED) is 0.866. The Kier molecular flexibility index (Phi) is 6.90. The van der Waals surface area contributed by atoms with Crippen molar-refractivity contribution < 1.29 is 9.53 Å². The number of nitrogens with one attached hydrogen (secondary N) is 2. The van der Waals surface area contributed by atoms with E-state index in [2.05, 4.69) is 16.7 Å². The van der Waals surface area contributed by atoms with Crippen molar-refractivity contribution >= 4 is 18.3 Å². The summed E-state index contributed by atoms with van der Waals surface area (Å²) in [7, 11) is 0. The molecule has 1 atom stereocenters. The molecule has 0 aliphatic carbocycles. The molecule has 2 rings (SSSR count). The Morgan fingerprint density at radius 1 is 1.39 bits per heavy atom. The van der Waals surface area contributed by atoms with Crippen LogP contribution in [-0.4, -0.2) is 24.6 Å². The van der Waals surface area contributed by atoms with Gasteiger partial charge in [0, 0.05) is 18.0 Å². The van der Waals surface area contributed by atoms with E-state index >= 15 is 0 Å². The lowest BCUT2D eigenvalue weighted by molar-refractivity contribution is -0.126. The molecule has 1 aromatic rings. The van der Waals surface area contributed by atoms with E-state index in [1.807, 2.05) is 46.8 Å². The van der Waals surface area contributed by atoms with Gasteiger partial charge in [-0.25, -0.2) is 0 Å². The predicted octanol–water partition coefficient (Wildman–Crippen LogP) is 3.07. The van der Waals surface area contributed by atoms with Crippen LogP contribution in [0, 0.1) is 18.8 Å². The van der Waals surface area contributed by atoms with Crippen LogP contribution in [0.15, 0.2) is 18.2 Å². The molecule has 1 aliphatic rings. The number of carbonyl (C=O) groups excluding carboxylic acids is 1. The first-order chi connectivity index (χ1) is 10.3. The molecule has 130 valence electrons. The highest BCUT2D eigenvalue weighted by atomic mass is 35.5. The van der Waals surface area contributed by atoms with Gasteiger partial charge in [-0.2, -0.15) is 0 Å². The van der Waals surface area contributed by atoms with Crippen molar-refractivity contribution in [1.29, 1.82) is 0 Å². The van der Waals surface area contributed by atoms with E-state index in [4.69, 9.17) is 4.74 Å². The molecule has 1 aromatic carbocycles. The number of halogens is 1. The van der Waals surface area contributed by atoms with Gasteiger partial charge in [0.05, 0.1) is 0 Å². The van der Waals surface area contributed by atoms with Crippen LogP contribution in [0.4, 0.5) is 0 Å². The van der Waals surface area contributed by atoms with Crippen molar-refractivity contribution in [1.82, 2.24) is 10.6 Å². The number of hydrogen-bond acceptors (Lipinski definition) is 3. The second-order valence-electron chi connectivity index (χ2n) is 7.25. The lowest BCUT2D eigenvalue weighted by Gasteiger charge is -2.31. The highest BCUT2D eigenvalue weighted by molar-refractivity contribution is 5.85. The standard InChI is InChI=1S/C18H28N2O2.ClH/c1-12-6-7-14(16(8-12)22-18(3,4)5)11-20-17(21)13(2)15-9-19-10-15;/h6-8,13,15,19H,9-11H2,1-5H3,(H,20,21);1H. The molecule has 1 saturated heterocycles. The van der Waals surface area contributed by atoms with Gasteiger partial charge in [-0.05, 0) is 58.3 Å². The van der Waals surface area contributed by atoms with Crippen LogP contribution in [-0.2, 0) is 11.3 Å². The average molecular weight is 341 g/mol. The third-order valence-electron chi connectivity index (χ3n) is 4.03. The highest BCUT2D eigenvalue weighted by Gasteiger charge is 2.28. The summed E-state index contributed by atoms with van der Waals surface area (Å²) >= 11 is 0. The zero-order valence-electron chi connectivity index (χ0n) is 14.7. The van der Waals surface area contributed by atoms with Gasteiger partial charge in [0.1, 0.15) is 11.4 Å². The van der Waals surface area contributed by atoms with Crippen LogP contribution in [0.1, 0.15) is 38.8 Å². The molecule has 2 N–H and O–H groups in total. The largest absolute Gasteiger partial charge is 0.488 e. The maximum atomic E-state index is 12.2. The third kappa shape index (κ3) is 5.70. The van der Waals surface area contributed by atoms with E-state index in [-0.39, 0.29) is 29.8 Å². The molecule has 1 fully saturated rings. The van der Waals surface area contributed by atoms with Crippen molar-refractivity contribution in [2.45, 2.75) is 46.8 Å². The van der Waals surface area contributed by atoms with Gasteiger partial charge < -0.3 is 15.4 Å². The fraction of sp³-hybridized carbons (Fsp3) is 0.611. The lowest BCUT2D eigenvalue weighted by Crippen LogP contribution is -2.49. The Balaban J connectivity index is 0.00000264. The Bertz CT molecular complexity index is 536. The molecule has 4 nitrogen and oxygen atoms in total. The van der Waals surface area contributed by atoms with Crippen LogP contribution in [0.25, 0.3) is 0 Å². The zero-order valence-corrected chi connectivity index (χ0v) is 15.5. The first-order valence-electron chi connectivity index (χ1n) is 8.03. The van der Waals surface area contributed by atoms with E-state index in [1.165, 1.54) is 0 Å². The van der Waals surface area contributed by atoms with Crippen LogP contribution in [0.5, 0.6) is 5.75 Å². The summed E-state index contributed by atoms with van der Waals surface area (Å²) in [4.78, 5) is 12.2. The summed E-state index contributed by atoms with van der Waals surface area (Å²) in [5, 5.41) is 6.26. The van der Waals surface area contributed by atoms with E-state index in [1.54, 1.807) is 0 Å². The Labute approximate surface area is 145 Å². The lowest BCUT2D eigenvalue weighted by atomic mass is 9.88. The summed E-state index contributed by atoms with van der Waals surface area (Å²) < 4.78 is 6.02. The van der Waals surface area contributed by atoms with Crippen LogP contribution in [0.3, 0.4) is 0 Å². The summed E-state index contributed by atoms with van der Waals surface area (Å²) in [5.74, 6) is 1.49. The normalized spacial score (nSPS) is 16.0. The van der Waals surface area contributed by atoms with E-state index in [9.17, 15) is 4.79 Å². The fourth-order valence-electron chi connectivity index (χ4n) is 2.45. The monoisotopic (exact) mass is 340 g/mol. The van der Waals surface area contributed by atoms with Crippen molar-refractivity contribution in [3.05, 3.63) is 29.3 Å². The van der Waals surface area contributed by atoms with Crippen molar-refractivity contribution in [3.63, 3.8) is 0 Å². The minimum absolute atomic E-state index is 0. The van der Waals surface area contributed by atoms with Gasteiger partial charge in [0.2, 0.25) is 5.91 Å². The average Bonchev–Trinajstić information content (AvgIpc) is 2.33. The molecular weight excluding hydrogens is 312 g/mol. The number of ether oxygens (including phenoxy) is 1. The summed E-state index contributed by atoms with van der Waals surface area (Å²) in [6, 6.07) is 6.12. The molecule has 0 radical (unpaired) electrons. The summed E-state index contributed by atoms with van der Waals surface area (Å²) in [5.41, 5.74) is 1.92. The maximum absolute atomic E-state index is 12.2. The molecule has 0 spiro atoms. The molecule has 5 heteroatoms. The van der Waals surface area contributed by atoms with E-state index in [0.29, 0.717) is 12.5 Å². The van der Waals surface area contributed by atoms with Crippen molar-refractivity contribution in [2.75, 3.05) is 13.1 Å². The topological polar surface area (TPSA) is 50.4 Å². The first kappa shape index (κ1) is 19.8. The Morgan fingerprint density at radius 2 is 2.04 bits per heavy atom. The maximum Gasteiger partial charge on any atom is 0.223 e. The van der Waals surface area contributed by atoms with Crippen LogP contribution in [0.2, 0.25) is 0 Å². The molecule has 23 heavy (non-hydrogen) atoms. The van der Waals surface area contributed by atoms with Crippen LogP contribution < -0.4 is 15.4 Å². The van der Waals surface area contributed by atoms with Gasteiger partial charge in [-0.15, -0.1) is 12.4 Å². The van der Waals surface area contributed by atoms with Gasteiger partial charge in [0.15, 0.2) is 0 Å². The number of amides is 1. The van der Waals surface area contributed by atoms with Gasteiger partial charge in [0.25, 0.3) is 0 Å². The minimum atomic E-state index is -0.253. The highest BCUT2D eigenvalue weighted by Crippen LogP contribution is 2.25. The number of hydrogen-bond donors (Lipinski definition) is 2. The number of benzene rings is 1. The number of rotatable bonds is 5. The zero-order chi connectivity index (χ0) is 16.3. The Hall–Kier alpha value is -1.26. The molecule has 0 aromatic heterocycles. The summed E-state index contributed by atoms with van der Waals surface area (Å²) in [6.45, 7) is 12.5. The molecule has 1 heterocycles. The predicted molar refractivity (Wildman–Crippen MR) is 96.2 cm³/mol. The number of aryl methyl sites for hydroxylation is 1. The van der Waals surface area contributed by atoms with Gasteiger partial charge in [-0.1, -0.05) is 19.1 Å². The first-order valence-corrected chi connectivity index (χ1v) is 8.03. The second-order valence-corrected chi connectivity index (χ2v) is 7.25. The van der Waals surface area contributed by atoms with E-state index < -0.39 is 0 Å². The molecule has 1 aliphatic heterocycles. The third-order valence-corrected chi connectivity index (χ3v) is 4.03. The minimum Gasteiger partial charge on any atom is -0.488 e.